The maximum atomic E-state index is 13.0. The third kappa shape index (κ3) is 3.25. The molecule has 0 amide bonds. The van der Waals surface area contributed by atoms with Crippen molar-refractivity contribution in [1.82, 2.24) is 15.1 Å². The van der Waals surface area contributed by atoms with E-state index < -0.39 is 11.9 Å². The predicted molar refractivity (Wildman–Crippen MR) is 61.9 cm³/mol. The molecular formula is C12H18F3N3. The Bertz CT molecular complexity index is 405. The molecule has 1 heterocycles. The van der Waals surface area contributed by atoms with E-state index >= 15 is 0 Å². The summed E-state index contributed by atoms with van der Waals surface area (Å²) in [5, 5.41) is 6.98. The molecule has 6 heteroatoms. The first-order valence-electron chi connectivity index (χ1n) is 6.23. The third-order valence-electron chi connectivity index (χ3n) is 2.88. The number of rotatable bonds is 5. The fourth-order valence-electron chi connectivity index (χ4n) is 1.91. The molecule has 3 nitrogen and oxygen atoms in total. The number of aromatic nitrogens is 2. The highest BCUT2D eigenvalue weighted by atomic mass is 19.4. The summed E-state index contributed by atoms with van der Waals surface area (Å²) in [6.07, 6.45) is -0.893. The predicted octanol–water partition coefficient (Wildman–Crippen LogP) is 2.81. The van der Waals surface area contributed by atoms with E-state index in [1.54, 1.807) is 0 Å². The summed E-state index contributed by atoms with van der Waals surface area (Å²) in [7, 11) is 0. The number of nitrogens with zero attached hydrogens (tertiary/aromatic N) is 2. The molecule has 0 bridgehead atoms. The molecule has 1 aromatic heterocycles. The Morgan fingerprint density at radius 2 is 2.11 bits per heavy atom. The maximum Gasteiger partial charge on any atom is 0.433 e. The van der Waals surface area contributed by atoms with Crippen LogP contribution in [0.2, 0.25) is 0 Å². The van der Waals surface area contributed by atoms with E-state index in [1.165, 1.54) is 6.20 Å². The third-order valence-corrected chi connectivity index (χ3v) is 2.88. The topological polar surface area (TPSA) is 29.9 Å². The minimum atomic E-state index is -4.34. The van der Waals surface area contributed by atoms with Crippen LogP contribution in [-0.4, -0.2) is 15.8 Å². The van der Waals surface area contributed by atoms with Crippen molar-refractivity contribution in [3.8, 4) is 0 Å². The normalized spacial score (nSPS) is 16.6. The smallest absolute Gasteiger partial charge is 0.310 e. The van der Waals surface area contributed by atoms with E-state index in [4.69, 9.17) is 0 Å². The first kappa shape index (κ1) is 13.4. The van der Waals surface area contributed by atoms with Crippen molar-refractivity contribution in [3.63, 3.8) is 0 Å². The van der Waals surface area contributed by atoms with Gasteiger partial charge in [0.2, 0.25) is 0 Å². The van der Waals surface area contributed by atoms with Gasteiger partial charge in [0, 0.05) is 24.7 Å². The van der Waals surface area contributed by atoms with Crippen molar-refractivity contribution >= 4 is 0 Å². The van der Waals surface area contributed by atoms with Gasteiger partial charge in [-0.25, -0.2) is 0 Å². The lowest BCUT2D eigenvalue weighted by atomic mass is 10.2. The molecule has 1 N–H and O–H groups in total. The number of halogens is 3. The lowest BCUT2D eigenvalue weighted by molar-refractivity contribution is -0.145. The first-order valence-corrected chi connectivity index (χ1v) is 6.23. The highest BCUT2D eigenvalue weighted by molar-refractivity contribution is 5.21. The van der Waals surface area contributed by atoms with Crippen molar-refractivity contribution in [2.24, 2.45) is 5.92 Å². The zero-order chi connectivity index (χ0) is 13.3. The summed E-state index contributed by atoms with van der Waals surface area (Å²) in [4.78, 5) is 0. The Kier molecular flexibility index (Phi) is 3.66. The summed E-state index contributed by atoms with van der Waals surface area (Å²) in [6, 6.07) is 0.388. The fourth-order valence-corrected chi connectivity index (χ4v) is 1.91. The summed E-state index contributed by atoms with van der Waals surface area (Å²) >= 11 is 0. The number of hydrogen-bond donors (Lipinski definition) is 1. The van der Waals surface area contributed by atoms with Gasteiger partial charge in [0.1, 0.15) is 5.69 Å². The Hall–Kier alpha value is -1.04. The summed E-state index contributed by atoms with van der Waals surface area (Å²) in [6.45, 7) is 4.30. The first-order chi connectivity index (χ1) is 8.38. The molecule has 1 aliphatic rings. The van der Waals surface area contributed by atoms with Gasteiger partial charge >= 0.3 is 6.18 Å². The number of nitrogens with one attached hydrogen (secondary N) is 1. The zero-order valence-electron chi connectivity index (χ0n) is 10.6. The highest BCUT2D eigenvalue weighted by Gasteiger charge is 2.38. The van der Waals surface area contributed by atoms with E-state index in [1.807, 2.05) is 13.8 Å². The molecule has 1 aromatic rings. The van der Waals surface area contributed by atoms with E-state index in [2.05, 4.69) is 10.4 Å². The van der Waals surface area contributed by atoms with Gasteiger partial charge in [-0.05, 0) is 18.8 Å². The second-order valence-corrected chi connectivity index (χ2v) is 5.25. The molecule has 0 aliphatic heterocycles. The van der Waals surface area contributed by atoms with Crippen LogP contribution >= 0.6 is 0 Å². The largest absolute Gasteiger partial charge is 0.433 e. The molecule has 1 fully saturated rings. The van der Waals surface area contributed by atoms with E-state index in [0.29, 0.717) is 6.04 Å². The number of hydrogen-bond acceptors (Lipinski definition) is 2. The molecule has 102 valence electrons. The van der Waals surface area contributed by atoms with Gasteiger partial charge in [-0.15, -0.1) is 0 Å². The van der Waals surface area contributed by atoms with Crippen molar-refractivity contribution in [1.29, 1.82) is 0 Å². The monoisotopic (exact) mass is 261 g/mol. The van der Waals surface area contributed by atoms with Gasteiger partial charge in [0.15, 0.2) is 0 Å². The molecule has 0 saturated heterocycles. The van der Waals surface area contributed by atoms with Gasteiger partial charge in [-0.2, -0.15) is 18.3 Å². The summed E-state index contributed by atoms with van der Waals surface area (Å²) < 4.78 is 40.2. The molecule has 0 atom stereocenters. The molecule has 0 aromatic carbocycles. The maximum absolute atomic E-state index is 13.0. The van der Waals surface area contributed by atoms with Crippen LogP contribution in [0.5, 0.6) is 0 Å². The van der Waals surface area contributed by atoms with Crippen LogP contribution in [0, 0.1) is 5.92 Å². The van der Waals surface area contributed by atoms with Crippen molar-refractivity contribution in [2.75, 3.05) is 0 Å². The molecular weight excluding hydrogens is 243 g/mol. The van der Waals surface area contributed by atoms with Crippen molar-refractivity contribution in [2.45, 2.75) is 52.0 Å². The van der Waals surface area contributed by atoms with Crippen LogP contribution in [0.3, 0.4) is 0 Å². The Morgan fingerprint density at radius 3 is 2.61 bits per heavy atom. The minimum Gasteiger partial charge on any atom is -0.310 e. The SMILES string of the molecule is CC(C)Cn1ncc(CNC2CC2)c1C(F)(F)F. The average molecular weight is 261 g/mol. The number of alkyl halides is 3. The van der Waals surface area contributed by atoms with E-state index in [0.717, 1.165) is 17.5 Å². The summed E-state index contributed by atoms with van der Waals surface area (Å²) in [5.41, 5.74) is -0.362. The Morgan fingerprint density at radius 1 is 1.44 bits per heavy atom. The molecule has 0 spiro atoms. The van der Waals surface area contributed by atoms with Gasteiger partial charge in [-0.3, -0.25) is 4.68 Å². The quantitative estimate of drug-likeness (QED) is 0.883. The summed E-state index contributed by atoms with van der Waals surface area (Å²) in [5.74, 6) is 0.134. The van der Waals surface area contributed by atoms with Crippen LogP contribution in [0.25, 0.3) is 0 Å². The van der Waals surface area contributed by atoms with Crippen LogP contribution in [-0.2, 0) is 19.3 Å². The molecule has 1 aliphatic carbocycles. The van der Waals surface area contributed by atoms with Gasteiger partial charge in [0.05, 0.1) is 6.20 Å². The molecule has 18 heavy (non-hydrogen) atoms. The van der Waals surface area contributed by atoms with Crippen LogP contribution in [0.15, 0.2) is 6.20 Å². The minimum absolute atomic E-state index is 0.134. The fraction of sp³-hybridized carbons (Fsp3) is 0.750. The lowest BCUT2D eigenvalue weighted by Gasteiger charge is -2.14. The Labute approximate surface area is 104 Å². The van der Waals surface area contributed by atoms with Crippen LogP contribution in [0.1, 0.15) is 37.9 Å². The zero-order valence-corrected chi connectivity index (χ0v) is 10.6. The van der Waals surface area contributed by atoms with Crippen molar-refractivity contribution < 1.29 is 13.2 Å². The molecule has 0 unspecified atom stereocenters. The van der Waals surface area contributed by atoms with Gasteiger partial charge < -0.3 is 5.32 Å². The van der Waals surface area contributed by atoms with Gasteiger partial charge in [0.25, 0.3) is 0 Å². The van der Waals surface area contributed by atoms with Crippen molar-refractivity contribution in [3.05, 3.63) is 17.5 Å². The molecule has 2 rings (SSSR count). The lowest BCUT2D eigenvalue weighted by Crippen LogP contribution is -2.22. The standard InChI is InChI=1S/C12H18F3N3/c1-8(2)7-18-11(12(13,14)15)9(6-17-18)5-16-10-3-4-10/h6,8,10,16H,3-5,7H2,1-2H3. The second-order valence-electron chi connectivity index (χ2n) is 5.25. The van der Waals surface area contributed by atoms with E-state index in [9.17, 15) is 13.2 Å². The van der Waals surface area contributed by atoms with Crippen LogP contribution in [0.4, 0.5) is 13.2 Å². The van der Waals surface area contributed by atoms with Gasteiger partial charge in [-0.1, -0.05) is 13.8 Å². The second kappa shape index (κ2) is 4.91. The van der Waals surface area contributed by atoms with Crippen LogP contribution < -0.4 is 5.32 Å². The average Bonchev–Trinajstić information content (AvgIpc) is 2.95. The highest BCUT2D eigenvalue weighted by Crippen LogP contribution is 2.32. The molecule has 0 radical (unpaired) electrons. The Balaban J connectivity index is 2.18. The molecule has 1 saturated carbocycles. The van der Waals surface area contributed by atoms with E-state index in [-0.39, 0.29) is 24.6 Å².